The van der Waals surface area contributed by atoms with Gasteiger partial charge >= 0.3 is 0 Å². The molecule has 0 saturated carbocycles. The van der Waals surface area contributed by atoms with Gasteiger partial charge in [0.2, 0.25) is 0 Å². The van der Waals surface area contributed by atoms with Crippen LogP contribution in [0, 0.1) is 6.92 Å². The summed E-state index contributed by atoms with van der Waals surface area (Å²) in [5.74, 6) is 0.570. The minimum absolute atomic E-state index is 0.557. The van der Waals surface area contributed by atoms with Gasteiger partial charge in [-0.1, -0.05) is 77.8 Å². The van der Waals surface area contributed by atoms with E-state index >= 15 is 0 Å². The lowest BCUT2D eigenvalue weighted by molar-refractivity contribution is 0.282. The zero-order chi connectivity index (χ0) is 25.7. The second kappa shape index (κ2) is 12.1. The van der Waals surface area contributed by atoms with E-state index in [-0.39, 0.29) is 0 Å². The highest BCUT2D eigenvalue weighted by Crippen LogP contribution is 2.38. The van der Waals surface area contributed by atoms with Crippen LogP contribution in [-0.4, -0.2) is 63.2 Å². The fourth-order valence-corrected chi connectivity index (χ4v) is 5.18. The molecule has 6 heteroatoms. The molecule has 3 aromatic rings. The Kier molecular flexibility index (Phi) is 8.84. The van der Waals surface area contributed by atoms with Crippen LogP contribution in [0.25, 0.3) is 16.8 Å². The molecule has 1 saturated heterocycles. The Balaban J connectivity index is 1.42. The average Bonchev–Trinajstić information content (AvgIpc) is 2.87. The van der Waals surface area contributed by atoms with Gasteiger partial charge in [-0.15, -0.1) is 0 Å². The lowest BCUT2D eigenvalue weighted by atomic mass is 9.95. The Morgan fingerprint density at radius 1 is 0.944 bits per heavy atom. The van der Waals surface area contributed by atoms with E-state index in [0.717, 1.165) is 50.5 Å². The second-order valence-corrected chi connectivity index (χ2v) is 10.4. The molecule has 4 nitrogen and oxygen atoms in total. The minimum Gasteiger partial charge on any atom is -0.490 e. The SMILES string of the molecule is C=C(c1cc(C)ccc1-c1ccccc1)N1CCN(c2cc(Cl)c(OCCCN(C)C)c(Cl)c2)CC1. The summed E-state index contributed by atoms with van der Waals surface area (Å²) in [5, 5.41) is 1.11. The van der Waals surface area contributed by atoms with Crippen molar-refractivity contribution in [3.8, 4) is 16.9 Å². The molecule has 0 aliphatic carbocycles. The van der Waals surface area contributed by atoms with Gasteiger partial charge in [0.05, 0.1) is 16.7 Å². The Bertz CT molecular complexity index is 1170. The molecule has 4 rings (SSSR count). The molecule has 1 fully saturated rings. The van der Waals surface area contributed by atoms with Gasteiger partial charge < -0.3 is 19.4 Å². The summed E-state index contributed by atoms with van der Waals surface area (Å²) in [4.78, 5) is 6.83. The molecular weight excluding hydrogens is 489 g/mol. The molecule has 0 radical (unpaired) electrons. The van der Waals surface area contributed by atoms with Gasteiger partial charge in [0, 0.05) is 49.7 Å². The number of hydrogen-bond acceptors (Lipinski definition) is 4. The van der Waals surface area contributed by atoms with Crippen LogP contribution in [0.4, 0.5) is 5.69 Å². The third-order valence-electron chi connectivity index (χ3n) is 6.58. The number of piperazine rings is 1. The third kappa shape index (κ3) is 6.36. The smallest absolute Gasteiger partial charge is 0.156 e. The number of hydrogen-bond donors (Lipinski definition) is 0. The van der Waals surface area contributed by atoms with Gasteiger partial charge in [-0.2, -0.15) is 0 Å². The molecule has 0 bridgehead atoms. The van der Waals surface area contributed by atoms with E-state index in [1.54, 1.807) is 0 Å². The van der Waals surface area contributed by atoms with Gasteiger partial charge in [-0.3, -0.25) is 0 Å². The maximum absolute atomic E-state index is 6.57. The van der Waals surface area contributed by atoms with E-state index in [1.807, 2.05) is 32.3 Å². The maximum Gasteiger partial charge on any atom is 0.156 e. The molecule has 0 unspecified atom stereocenters. The molecule has 36 heavy (non-hydrogen) atoms. The van der Waals surface area contributed by atoms with Crippen LogP contribution in [0.3, 0.4) is 0 Å². The summed E-state index contributed by atoms with van der Waals surface area (Å²) >= 11 is 13.1. The molecule has 0 amide bonds. The lowest BCUT2D eigenvalue weighted by Gasteiger charge is -2.39. The van der Waals surface area contributed by atoms with E-state index in [9.17, 15) is 0 Å². The van der Waals surface area contributed by atoms with Gasteiger partial charge in [0.1, 0.15) is 0 Å². The minimum atomic E-state index is 0.557. The first-order valence-corrected chi connectivity index (χ1v) is 13.2. The second-order valence-electron chi connectivity index (χ2n) is 9.58. The fraction of sp³-hybridized carbons (Fsp3) is 0.333. The van der Waals surface area contributed by atoms with Gasteiger partial charge in [0.25, 0.3) is 0 Å². The number of aryl methyl sites for hydroxylation is 1. The molecule has 0 aromatic heterocycles. The van der Waals surface area contributed by atoms with Crippen LogP contribution in [0.2, 0.25) is 10.0 Å². The van der Waals surface area contributed by atoms with Crippen molar-refractivity contribution in [2.24, 2.45) is 0 Å². The lowest BCUT2D eigenvalue weighted by Crippen LogP contribution is -2.45. The summed E-state index contributed by atoms with van der Waals surface area (Å²) < 4.78 is 5.89. The van der Waals surface area contributed by atoms with E-state index in [1.165, 1.54) is 22.3 Å². The Labute approximate surface area is 225 Å². The first-order chi connectivity index (χ1) is 17.3. The first kappa shape index (κ1) is 26.4. The first-order valence-electron chi connectivity index (χ1n) is 12.5. The zero-order valence-electron chi connectivity index (χ0n) is 21.4. The van der Waals surface area contributed by atoms with Crippen molar-refractivity contribution < 1.29 is 4.74 Å². The van der Waals surface area contributed by atoms with Crippen LogP contribution in [0.5, 0.6) is 5.75 Å². The summed E-state index contributed by atoms with van der Waals surface area (Å²) in [5.41, 5.74) is 6.94. The van der Waals surface area contributed by atoms with Crippen molar-refractivity contribution in [1.29, 1.82) is 0 Å². The van der Waals surface area contributed by atoms with Crippen molar-refractivity contribution in [3.63, 3.8) is 0 Å². The largest absolute Gasteiger partial charge is 0.490 e. The predicted molar refractivity (Wildman–Crippen MR) is 155 cm³/mol. The van der Waals surface area contributed by atoms with Crippen LogP contribution in [0.1, 0.15) is 17.5 Å². The summed E-state index contributed by atoms with van der Waals surface area (Å²) in [7, 11) is 4.10. The summed E-state index contributed by atoms with van der Waals surface area (Å²) in [6, 6.07) is 21.1. The molecule has 0 atom stereocenters. The Morgan fingerprint density at radius 3 is 2.25 bits per heavy atom. The van der Waals surface area contributed by atoms with Crippen molar-refractivity contribution in [3.05, 3.63) is 88.4 Å². The van der Waals surface area contributed by atoms with Crippen LogP contribution in [-0.2, 0) is 0 Å². The van der Waals surface area contributed by atoms with Crippen molar-refractivity contribution in [2.45, 2.75) is 13.3 Å². The van der Waals surface area contributed by atoms with Crippen molar-refractivity contribution in [2.75, 3.05) is 58.3 Å². The molecule has 0 N–H and O–H groups in total. The van der Waals surface area contributed by atoms with E-state index in [4.69, 9.17) is 27.9 Å². The Hall–Kier alpha value is -2.66. The van der Waals surface area contributed by atoms with Gasteiger partial charge in [-0.25, -0.2) is 0 Å². The van der Waals surface area contributed by atoms with Crippen molar-refractivity contribution >= 4 is 34.6 Å². The number of halogens is 2. The highest BCUT2D eigenvalue weighted by Gasteiger charge is 2.22. The topological polar surface area (TPSA) is 19.0 Å². The highest BCUT2D eigenvalue weighted by molar-refractivity contribution is 6.37. The maximum atomic E-state index is 6.57. The number of ether oxygens (including phenoxy) is 1. The number of rotatable bonds is 9. The van der Waals surface area contributed by atoms with Crippen molar-refractivity contribution in [1.82, 2.24) is 9.80 Å². The quantitative estimate of drug-likeness (QED) is 0.278. The number of nitrogens with zero attached hydrogens (tertiary/aromatic N) is 3. The average molecular weight is 525 g/mol. The predicted octanol–water partition coefficient (Wildman–Crippen LogP) is 7.09. The third-order valence-corrected chi connectivity index (χ3v) is 7.14. The van der Waals surface area contributed by atoms with Crippen LogP contribution in [0.15, 0.2) is 67.2 Å². The standard InChI is InChI=1S/C30H35Cl2N3O/c1-22-11-12-26(24-9-6-5-7-10-24)27(19-22)23(2)34-14-16-35(17-15-34)25-20-28(31)30(29(32)21-25)36-18-8-13-33(3)4/h5-7,9-12,19-21H,2,8,13-18H2,1,3-4H3. The van der Waals surface area contributed by atoms with E-state index in [0.29, 0.717) is 22.4 Å². The van der Waals surface area contributed by atoms with Crippen LogP contribution < -0.4 is 9.64 Å². The van der Waals surface area contributed by atoms with Gasteiger partial charge in [-0.05, 0) is 56.8 Å². The fourth-order valence-electron chi connectivity index (χ4n) is 4.59. The van der Waals surface area contributed by atoms with Crippen LogP contribution >= 0.6 is 23.2 Å². The van der Waals surface area contributed by atoms with Gasteiger partial charge in [0.15, 0.2) is 5.75 Å². The molecular formula is C30H35Cl2N3O. The molecule has 0 spiro atoms. The van der Waals surface area contributed by atoms with E-state index in [2.05, 4.69) is 70.7 Å². The monoisotopic (exact) mass is 523 g/mol. The number of anilines is 1. The molecule has 1 heterocycles. The Morgan fingerprint density at radius 2 is 1.61 bits per heavy atom. The molecule has 1 aliphatic rings. The highest BCUT2D eigenvalue weighted by atomic mass is 35.5. The number of benzene rings is 3. The molecule has 3 aromatic carbocycles. The van der Waals surface area contributed by atoms with E-state index < -0.39 is 0 Å². The molecule has 190 valence electrons. The normalized spacial score (nSPS) is 13.8. The summed E-state index contributed by atoms with van der Waals surface area (Å²) in [6.07, 6.45) is 0.917. The molecule has 1 aliphatic heterocycles. The summed E-state index contributed by atoms with van der Waals surface area (Å²) in [6.45, 7) is 11.7. The zero-order valence-corrected chi connectivity index (χ0v) is 22.9.